The van der Waals surface area contributed by atoms with Gasteiger partial charge in [0.1, 0.15) is 6.10 Å². The Balaban J connectivity index is 1.57. The van der Waals surface area contributed by atoms with Crippen LogP contribution in [-0.2, 0) is 13.6 Å². The maximum Gasteiger partial charge on any atom is 0.309 e. The number of hydrogen-bond donors (Lipinski definition) is 2. The van der Waals surface area contributed by atoms with Gasteiger partial charge in [0.2, 0.25) is 5.52 Å². The minimum atomic E-state index is -1.78. The number of ether oxygens (including phenoxy) is 1. The minimum Gasteiger partial charge on any atom is -0.415 e. The van der Waals surface area contributed by atoms with Gasteiger partial charge in [0.05, 0.1) is 12.7 Å². The quantitative estimate of drug-likeness (QED) is 0.360. The Labute approximate surface area is 202 Å². The summed E-state index contributed by atoms with van der Waals surface area (Å²) in [5.41, 5.74) is 1.85. The van der Waals surface area contributed by atoms with Crippen molar-refractivity contribution >= 4 is 39.5 Å². The predicted octanol–water partition coefficient (Wildman–Crippen LogP) is 3.86. The van der Waals surface area contributed by atoms with Gasteiger partial charge in [-0.1, -0.05) is 23.2 Å². The van der Waals surface area contributed by atoms with Gasteiger partial charge in [-0.3, -0.25) is 9.78 Å². The van der Waals surface area contributed by atoms with E-state index in [9.17, 15) is 4.79 Å². The molecule has 0 aliphatic carbocycles. The number of carbonyl (C=O) groups is 1. The fraction of sp³-hybridized carbons (Fsp3) is 0.478. The van der Waals surface area contributed by atoms with Crippen molar-refractivity contribution in [3.8, 4) is 0 Å². The summed E-state index contributed by atoms with van der Waals surface area (Å²) >= 11 is 0. The lowest BCUT2D eigenvalue weighted by Crippen LogP contribution is -2.40. The summed E-state index contributed by atoms with van der Waals surface area (Å²) in [5, 5.41) is 2.88. The number of rotatable bonds is 8. The van der Waals surface area contributed by atoms with Gasteiger partial charge in [-0.25, -0.2) is 4.57 Å². The van der Waals surface area contributed by atoms with E-state index in [0.29, 0.717) is 35.6 Å². The van der Waals surface area contributed by atoms with E-state index in [1.54, 1.807) is 12.1 Å². The van der Waals surface area contributed by atoms with Crippen molar-refractivity contribution in [1.29, 1.82) is 0 Å². The van der Waals surface area contributed by atoms with Crippen LogP contribution in [0.15, 0.2) is 43.0 Å². The number of carbonyl (C=O) groups excluding carboxylic acids is 1. The Kier molecular flexibility index (Phi) is 7.01. The Bertz CT molecular complexity index is 1140. The van der Waals surface area contributed by atoms with Gasteiger partial charge in [-0.15, -0.1) is 0 Å². The molecule has 4 rings (SSSR count). The summed E-state index contributed by atoms with van der Waals surface area (Å²) < 4.78 is 21.0. The van der Waals surface area contributed by atoms with E-state index in [2.05, 4.69) is 59.6 Å². The van der Waals surface area contributed by atoms with Crippen LogP contribution in [0, 0.1) is 0 Å². The summed E-state index contributed by atoms with van der Waals surface area (Å²) in [6.45, 7) is 13.6. The second-order valence-corrected chi connectivity index (χ2v) is 19.5. The fourth-order valence-electron chi connectivity index (χ4n) is 3.92. The number of imidazole rings is 1. The zero-order chi connectivity index (χ0) is 24.5. The number of amides is 1. The maximum absolute atomic E-state index is 12.7. The normalized spacial score (nSPS) is 21.2. The third kappa shape index (κ3) is 5.97. The maximum atomic E-state index is 12.7. The summed E-state index contributed by atoms with van der Waals surface area (Å²) in [4.78, 5) is 24.6. The molecule has 182 valence electrons. The first-order valence-corrected chi connectivity index (χ1v) is 18.4. The smallest absolute Gasteiger partial charge is 0.309 e. The van der Waals surface area contributed by atoms with Crippen LogP contribution in [-0.4, -0.2) is 56.3 Å². The van der Waals surface area contributed by atoms with Gasteiger partial charge >= 0.3 is 5.65 Å². The highest BCUT2D eigenvalue weighted by molar-refractivity contribution is 6.70. The Morgan fingerprint density at radius 2 is 1.88 bits per heavy atom. The third-order valence-electron chi connectivity index (χ3n) is 5.36. The molecule has 3 heterocycles. The molecule has 34 heavy (non-hydrogen) atoms. The van der Waals surface area contributed by atoms with Gasteiger partial charge in [-0.05, 0) is 51.4 Å². The second-order valence-electron chi connectivity index (χ2n) is 10.5. The molecule has 11 heteroatoms. The van der Waals surface area contributed by atoms with Gasteiger partial charge in [0.25, 0.3) is 5.91 Å². The monoisotopic (exact) mass is 500 g/mol. The van der Waals surface area contributed by atoms with Crippen LogP contribution in [0.2, 0.25) is 39.3 Å². The average molecular weight is 501 g/mol. The number of nitrogens with zero attached hydrogens (tertiary/aromatic N) is 3. The Morgan fingerprint density at radius 1 is 1.15 bits per heavy atom. The second kappa shape index (κ2) is 9.66. The van der Waals surface area contributed by atoms with Crippen molar-refractivity contribution in [2.45, 2.75) is 64.1 Å². The van der Waals surface area contributed by atoms with E-state index >= 15 is 0 Å². The van der Waals surface area contributed by atoms with E-state index in [-0.39, 0.29) is 24.3 Å². The molecule has 0 saturated carbocycles. The zero-order valence-electron chi connectivity index (χ0n) is 20.7. The van der Waals surface area contributed by atoms with E-state index in [0.717, 1.165) is 0 Å². The molecule has 1 fully saturated rings. The molecule has 0 radical (unpaired) electrons. The SMILES string of the molecule is C[Si](C)(C)OC[C@H]1O[C@@H]([n+]2c[nH]c3c(NC(=O)c4ccccc4)ncnc32)C[C@@H]1O[Si](C)(C)C. The van der Waals surface area contributed by atoms with Crippen LogP contribution >= 0.6 is 0 Å². The number of fused-ring (bicyclic) bond motifs is 1. The van der Waals surface area contributed by atoms with Crippen LogP contribution < -0.4 is 9.88 Å². The first-order valence-electron chi connectivity index (χ1n) is 11.6. The number of anilines is 1. The molecular weight excluding hydrogens is 466 g/mol. The highest BCUT2D eigenvalue weighted by Gasteiger charge is 2.42. The van der Waals surface area contributed by atoms with Crippen LogP contribution in [0.3, 0.4) is 0 Å². The first-order chi connectivity index (χ1) is 16.0. The third-order valence-corrected chi connectivity index (χ3v) is 7.41. The van der Waals surface area contributed by atoms with Gasteiger partial charge in [0, 0.05) is 12.0 Å². The number of aromatic amines is 1. The van der Waals surface area contributed by atoms with Crippen molar-refractivity contribution in [1.82, 2.24) is 15.0 Å². The molecule has 2 aromatic heterocycles. The van der Waals surface area contributed by atoms with Crippen molar-refractivity contribution in [2.24, 2.45) is 0 Å². The van der Waals surface area contributed by atoms with Crippen molar-refractivity contribution in [3.05, 3.63) is 48.5 Å². The van der Waals surface area contributed by atoms with E-state index in [4.69, 9.17) is 13.6 Å². The summed E-state index contributed by atoms with van der Waals surface area (Å²) in [5.74, 6) is 0.190. The standard InChI is InChI=1S/C23H33N5O4Si2/c1-33(2,3)30-13-18-17(32-34(4,5)6)12-19(31-18)28-15-26-20-21(24-14-25-22(20)28)27-23(29)16-10-8-7-9-11-16/h7-11,14-15,17-19H,12-13H2,1-6H3,(H,24,25,27,29)/p+1/t17-,18+,19+/m0/s1. The highest BCUT2D eigenvalue weighted by Crippen LogP contribution is 2.31. The molecule has 1 aliphatic rings. The molecule has 1 saturated heterocycles. The lowest BCUT2D eigenvalue weighted by molar-refractivity contribution is -0.738. The molecule has 2 N–H and O–H groups in total. The number of H-pyrrole nitrogens is 1. The Morgan fingerprint density at radius 3 is 2.56 bits per heavy atom. The van der Waals surface area contributed by atoms with Crippen LogP contribution in [0.5, 0.6) is 0 Å². The van der Waals surface area contributed by atoms with Crippen molar-refractivity contribution in [2.75, 3.05) is 11.9 Å². The minimum absolute atomic E-state index is 0.0513. The number of nitrogens with one attached hydrogen (secondary N) is 2. The molecule has 3 atom stereocenters. The van der Waals surface area contributed by atoms with Crippen LogP contribution in [0.25, 0.3) is 11.2 Å². The van der Waals surface area contributed by atoms with E-state index in [1.165, 1.54) is 6.33 Å². The fourth-order valence-corrected chi connectivity index (χ4v) is 5.74. The molecule has 0 bridgehead atoms. The Hall–Kier alpha value is -2.45. The molecular formula is C23H34N5O4Si2+. The molecule has 1 aromatic carbocycles. The number of hydrogen-bond acceptors (Lipinski definition) is 6. The molecule has 9 nitrogen and oxygen atoms in total. The lowest BCUT2D eigenvalue weighted by Gasteiger charge is -2.28. The number of aromatic nitrogens is 4. The topological polar surface area (TPSA) is 102 Å². The number of benzene rings is 1. The molecule has 0 unspecified atom stereocenters. The van der Waals surface area contributed by atoms with Crippen molar-refractivity contribution in [3.63, 3.8) is 0 Å². The summed E-state index contributed by atoms with van der Waals surface area (Å²) in [6.07, 6.45) is 3.49. The van der Waals surface area contributed by atoms with Crippen LogP contribution in [0.4, 0.5) is 5.82 Å². The first kappa shape index (κ1) is 24.7. The molecule has 1 amide bonds. The van der Waals surface area contributed by atoms with Crippen molar-refractivity contribution < 1.29 is 23.0 Å². The average Bonchev–Trinajstić information content (AvgIpc) is 3.35. The van der Waals surface area contributed by atoms with Gasteiger partial charge in [-0.2, -0.15) is 4.98 Å². The largest absolute Gasteiger partial charge is 0.415 e. The lowest BCUT2D eigenvalue weighted by atomic mass is 10.2. The molecule has 1 aliphatic heterocycles. The molecule has 3 aromatic rings. The zero-order valence-corrected chi connectivity index (χ0v) is 22.7. The summed E-state index contributed by atoms with van der Waals surface area (Å²) in [7, 11) is -3.48. The van der Waals surface area contributed by atoms with Gasteiger partial charge < -0.3 is 18.9 Å². The molecule has 0 spiro atoms. The predicted molar refractivity (Wildman–Crippen MR) is 135 cm³/mol. The highest BCUT2D eigenvalue weighted by atomic mass is 28.4. The van der Waals surface area contributed by atoms with Gasteiger partial charge in [0.15, 0.2) is 41.3 Å². The summed E-state index contributed by atoms with van der Waals surface area (Å²) in [6, 6.07) is 9.04. The van der Waals surface area contributed by atoms with E-state index in [1.807, 2.05) is 29.1 Å². The van der Waals surface area contributed by atoms with Crippen LogP contribution in [0.1, 0.15) is 23.0 Å². The van der Waals surface area contributed by atoms with E-state index < -0.39 is 16.6 Å².